The summed E-state index contributed by atoms with van der Waals surface area (Å²) in [4.78, 5) is 30.4. The van der Waals surface area contributed by atoms with E-state index in [0.29, 0.717) is 5.02 Å². The highest BCUT2D eigenvalue weighted by molar-refractivity contribution is 6.31. The summed E-state index contributed by atoms with van der Waals surface area (Å²) >= 11 is 6.17. The van der Waals surface area contributed by atoms with Gasteiger partial charge in [0.15, 0.2) is 5.69 Å². The molecule has 8 heteroatoms. The maximum Gasteiger partial charge on any atom is 0.356 e. The van der Waals surface area contributed by atoms with Crippen molar-refractivity contribution in [2.24, 2.45) is 0 Å². The van der Waals surface area contributed by atoms with Gasteiger partial charge in [-0.3, -0.25) is 4.79 Å². The van der Waals surface area contributed by atoms with E-state index in [1.54, 1.807) is 19.1 Å². The first kappa shape index (κ1) is 17.8. The number of carboxylic acid groups (broad SMARTS) is 1. The number of ether oxygens (including phenoxy) is 1. The third kappa shape index (κ3) is 4.06. The van der Waals surface area contributed by atoms with Crippen molar-refractivity contribution in [1.29, 1.82) is 0 Å². The van der Waals surface area contributed by atoms with Crippen molar-refractivity contribution in [3.8, 4) is 0 Å². The monoisotopic (exact) mass is 349 g/mol. The van der Waals surface area contributed by atoms with Crippen LogP contribution in [0, 0.1) is 0 Å². The van der Waals surface area contributed by atoms with Crippen LogP contribution in [0.15, 0.2) is 36.7 Å². The molecule has 0 aliphatic heterocycles. The van der Waals surface area contributed by atoms with Gasteiger partial charge in [-0.05, 0) is 13.0 Å². The van der Waals surface area contributed by atoms with E-state index in [2.05, 4.69) is 15.3 Å². The molecule has 1 aromatic heterocycles. The zero-order valence-electron chi connectivity index (χ0n) is 13.1. The van der Waals surface area contributed by atoms with Crippen molar-refractivity contribution in [2.45, 2.75) is 19.1 Å². The van der Waals surface area contributed by atoms with Gasteiger partial charge in [-0.25, -0.2) is 14.8 Å². The highest BCUT2D eigenvalue weighted by atomic mass is 35.5. The van der Waals surface area contributed by atoms with E-state index < -0.39 is 24.0 Å². The molecule has 0 radical (unpaired) electrons. The van der Waals surface area contributed by atoms with Gasteiger partial charge in [0.1, 0.15) is 11.8 Å². The number of hydrogen-bond donors (Lipinski definition) is 2. The Bertz CT molecular complexity index is 736. The second-order valence-corrected chi connectivity index (χ2v) is 5.44. The minimum atomic E-state index is -1.21. The van der Waals surface area contributed by atoms with Crippen LogP contribution < -0.4 is 5.32 Å². The van der Waals surface area contributed by atoms with E-state index in [9.17, 15) is 9.59 Å². The number of methoxy groups -OCH3 is 1. The van der Waals surface area contributed by atoms with E-state index in [-0.39, 0.29) is 11.4 Å². The molecule has 1 amide bonds. The Labute approximate surface area is 143 Å². The quantitative estimate of drug-likeness (QED) is 0.830. The molecule has 2 aromatic rings. The zero-order chi connectivity index (χ0) is 17.7. The van der Waals surface area contributed by atoms with Crippen LogP contribution in [0.4, 0.5) is 0 Å². The number of aromatic nitrogens is 2. The smallest absolute Gasteiger partial charge is 0.356 e. The molecule has 1 aromatic carbocycles. The maximum absolute atomic E-state index is 12.2. The SMILES string of the molecule is COC(c1ccccc1Cl)C(C)NC(=O)c1cnc(C(=O)O)cn1. The van der Waals surface area contributed by atoms with Crippen molar-refractivity contribution in [3.05, 3.63) is 58.6 Å². The van der Waals surface area contributed by atoms with Gasteiger partial charge in [-0.2, -0.15) is 0 Å². The normalized spacial score (nSPS) is 13.1. The maximum atomic E-state index is 12.2. The first-order chi connectivity index (χ1) is 11.4. The van der Waals surface area contributed by atoms with Gasteiger partial charge in [0.05, 0.1) is 18.4 Å². The lowest BCUT2D eigenvalue weighted by Crippen LogP contribution is -2.38. The molecule has 0 fully saturated rings. The van der Waals surface area contributed by atoms with E-state index in [1.807, 2.05) is 12.1 Å². The number of aromatic carboxylic acids is 1. The Morgan fingerprint density at radius 3 is 2.38 bits per heavy atom. The molecule has 0 spiro atoms. The van der Waals surface area contributed by atoms with E-state index >= 15 is 0 Å². The predicted octanol–water partition coefficient (Wildman–Crippen LogP) is 2.33. The zero-order valence-corrected chi connectivity index (χ0v) is 13.8. The van der Waals surface area contributed by atoms with Gasteiger partial charge in [0, 0.05) is 17.7 Å². The molecule has 126 valence electrons. The summed E-state index contributed by atoms with van der Waals surface area (Å²) in [5, 5.41) is 12.1. The molecule has 24 heavy (non-hydrogen) atoms. The Balaban J connectivity index is 2.12. The third-order valence-corrected chi connectivity index (χ3v) is 3.73. The molecule has 0 saturated carbocycles. The fourth-order valence-corrected chi connectivity index (χ4v) is 2.46. The lowest BCUT2D eigenvalue weighted by molar-refractivity contribution is 0.0641. The molecule has 1 heterocycles. The summed E-state index contributed by atoms with van der Waals surface area (Å²) in [6.07, 6.45) is 1.70. The van der Waals surface area contributed by atoms with Crippen LogP contribution in [0.3, 0.4) is 0 Å². The molecular formula is C16H16ClN3O4. The predicted molar refractivity (Wildman–Crippen MR) is 87.1 cm³/mol. The number of carbonyl (C=O) groups excluding carboxylic acids is 1. The van der Waals surface area contributed by atoms with E-state index in [1.165, 1.54) is 7.11 Å². The van der Waals surface area contributed by atoms with Crippen molar-refractivity contribution >= 4 is 23.5 Å². The molecule has 2 atom stereocenters. The number of rotatable bonds is 6. The molecule has 2 unspecified atom stereocenters. The lowest BCUT2D eigenvalue weighted by Gasteiger charge is -2.24. The van der Waals surface area contributed by atoms with Crippen LogP contribution in [0.25, 0.3) is 0 Å². The van der Waals surface area contributed by atoms with Crippen LogP contribution in [0.2, 0.25) is 5.02 Å². The second kappa shape index (κ2) is 7.85. The minimum absolute atomic E-state index is 0.0147. The van der Waals surface area contributed by atoms with Crippen molar-refractivity contribution in [2.75, 3.05) is 7.11 Å². The van der Waals surface area contributed by atoms with Crippen LogP contribution in [-0.2, 0) is 4.74 Å². The Morgan fingerprint density at radius 2 is 1.83 bits per heavy atom. The minimum Gasteiger partial charge on any atom is -0.476 e. The number of hydrogen-bond acceptors (Lipinski definition) is 5. The Hall–Kier alpha value is -2.51. The molecule has 2 N–H and O–H groups in total. The van der Waals surface area contributed by atoms with E-state index in [0.717, 1.165) is 18.0 Å². The summed E-state index contributed by atoms with van der Waals surface area (Å²) in [7, 11) is 1.53. The molecule has 2 rings (SSSR count). The van der Waals surface area contributed by atoms with Gasteiger partial charge in [-0.1, -0.05) is 29.8 Å². The van der Waals surface area contributed by atoms with Crippen molar-refractivity contribution in [1.82, 2.24) is 15.3 Å². The van der Waals surface area contributed by atoms with Gasteiger partial charge in [0.2, 0.25) is 0 Å². The molecular weight excluding hydrogens is 334 g/mol. The Kier molecular flexibility index (Phi) is 5.83. The van der Waals surface area contributed by atoms with Gasteiger partial charge in [0.25, 0.3) is 5.91 Å². The number of amides is 1. The Morgan fingerprint density at radius 1 is 1.21 bits per heavy atom. The standard InChI is InChI=1S/C16H16ClN3O4/c1-9(14(24-2)10-5-3-4-6-11(10)17)20-15(21)12-7-19-13(8-18-12)16(22)23/h3-9,14H,1-2H3,(H,20,21)(H,22,23). The van der Waals surface area contributed by atoms with Crippen LogP contribution in [0.5, 0.6) is 0 Å². The first-order valence-electron chi connectivity index (χ1n) is 7.07. The van der Waals surface area contributed by atoms with Crippen LogP contribution in [0.1, 0.15) is 39.6 Å². The highest BCUT2D eigenvalue weighted by Gasteiger charge is 2.23. The molecule has 0 bridgehead atoms. The molecule has 0 saturated heterocycles. The van der Waals surface area contributed by atoms with Crippen LogP contribution >= 0.6 is 11.6 Å². The molecule has 0 aliphatic rings. The van der Waals surface area contributed by atoms with Gasteiger partial charge < -0.3 is 15.2 Å². The van der Waals surface area contributed by atoms with Gasteiger partial charge >= 0.3 is 5.97 Å². The van der Waals surface area contributed by atoms with Gasteiger partial charge in [-0.15, -0.1) is 0 Å². The first-order valence-corrected chi connectivity index (χ1v) is 7.45. The third-order valence-electron chi connectivity index (χ3n) is 3.38. The number of carboxylic acids is 1. The molecule has 7 nitrogen and oxygen atoms in total. The van der Waals surface area contributed by atoms with Crippen molar-refractivity contribution in [3.63, 3.8) is 0 Å². The number of nitrogens with zero attached hydrogens (tertiary/aromatic N) is 2. The summed E-state index contributed by atoms with van der Waals surface area (Å²) in [5.41, 5.74) is 0.535. The fourth-order valence-electron chi connectivity index (χ4n) is 2.22. The topological polar surface area (TPSA) is 101 Å². The second-order valence-electron chi connectivity index (χ2n) is 5.03. The van der Waals surface area contributed by atoms with Crippen LogP contribution in [-0.4, -0.2) is 40.1 Å². The lowest BCUT2D eigenvalue weighted by atomic mass is 10.0. The fraction of sp³-hybridized carbons (Fsp3) is 0.250. The van der Waals surface area contributed by atoms with E-state index in [4.69, 9.17) is 21.4 Å². The average molecular weight is 350 g/mol. The summed E-state index contributed by atoms with van der Waals surface area (Å²) < 4.78 is 5.45. The summed E-state index contributed by atoms with van der Waals surface area (Å²) in [5.74, 6) is -1.69. The number of nitrogens with one attached hydrogen (secondary N) is 1. The average Bonchev–Trinajstić information content (AvgIpc) is 2.57. The molecule has 0 aliphatic carbocycles. The number of benzene rings is 1. The summed E-state index contributed by atoms with van der Waals surface area (Å²) in [6, 6.07) is 6.80. The number of halogens is 1. The number of carbonyl (C=O) groups is 2. The highest BCUT2D eigenvalue weighted by Crippen LogP contribution is 2.27. The van der Waals surface area contributed by atoms with Crippen molar-refractivity contribution < 1.29 is 19.4 Å². The largest absolute Gasteiger partial charge is 0.476 e. The summed E-state index contributed by atoms with van der Waals surface area (Å²) in [6.45, 7) is 1.77.